The van der Waals surface area contributed by atoms with Gasteiger partial charge in [-0.05, 0) is 49.2 Å². The summed E-state index contributed by atoms with van der Waals surface area (Å²) in [5, 5.41) is 3.19. The van der Waals surface area contributed by atoms with E-state index in [0.29, 0.717) is 12.3 Å². The van der Waals surface area contributed by atoms with E-state index in [1.807, 2.05) is 6.92 Å². The van der Waals surface area contributed by atoms with Gasteiger partial charge in [-0.1, -0.05) is 42.3 Å². The fourth-order valence-corrected chi connectivity index (χ4v) is 4.33. The van der Waals surface area contributed by atoms with Crippen LogP contribution in [0.4, 0.5) is 5.69 Å². The van der Waals surface area contributed by atoms with Crippen molar-refractivity contribution >= 4 is 50.7 Å². The molecule has 2 amide bonds. The lowest BCUT2D eigenvalue weighted by Gasteiger charge is -2.31. The summed E-state index contributed by atoms with van der Waals surface area (Å²) in [6.07, 6.45) is 1.73. The summed E-state index contributed by atoms with van der Waals surface area (Å²) in [7, 11) is -2.32. The van der Waals surface area contributed by atoms with Gasteiger partial charge in [0, 0.05) is 13.1 Å². The van der Waals surface area contributed by atoms with Crippen LogP contribution in [0.3, 0.4) is 0 Å². The molecule has 0 heterocycles. The Morgan fingerprint density at radius 2 is 1.82 bits per heavy atom. The first-order valence-electron chi connectivity index (χ1n) is 10.6. The van der Waals surface area contributed by atoms with Crippen molar-refractivity contribution in [2.45, 2.75) is 32.9 Å². The van der Waals surface area contributed by atoms with Gasteiger partial charge in [-0.3, -0.25) is 13.9 Å². The topological polar surface area (TPSA) is 96.0 Å². The highest BCUT2D eigenvalue weighted by Crippen LogP contribution is 2.28. The summed E-state index contributed by atoms with van der Waals surface area (Å²) in [6, 6.07) is 10.5. The van der Waals surface area contributed by atoms with E-state index in [-0.39, 0.29) is 28.2 Å². The lowest BCUT2D eigenvalue weighted by atomic mass is 10.1. The molecule has 34 heavy (non-hydrogen) atoms. The van der Waals surface area contributed by atoms with Crippen LogP contribution < -0.4 is 14.4 Å². The Hall–Kier alpha value is -2.49. The predicted octanol–water partition coefficient (Wildman–Crippen LogP) is 3.71. The van der Waals surface area contributed by atoms with E-state index in [9.17, 15) is 18.0 Å². The lowest BCUT2D eigenvalue weighted by Crippen LogP contribution is -2.51. The molecule has 0 aliphatic rings. The van der Waals surface area contributed by atoms with E-state index >= 15 is 0 Å². The number of nitrogens with zero attached hydrogens (tertiary/aromatic N) is 2. The molecule has 0 bridgehead atoms. The maximum absolute atomic E-state index is 13.5. The Kier molecular flexibility index (Phi) is 10.0. The normalized spacial score (nSPS) is 12.1. The number of ether oxygens (including phenoxy) is 1. The van der Waals surface area contributed by atoms with E-state index in [1.165, 1.54) is 30.2 Å². The molecule has 2 aromatic carbocycles. The van der Waals surface area contributed by atoms with E-state index in [1.54, 1.807) is 31.2 Å². The molecule has 8 nitrogen and oxygen atoms in total. The molecule has 186 valence electrons. The van der Waals surface area contributed by atoms with Crippen molar-refractivity contribution in [3.05, 3.63) is 58.1 Å². The van der Waals surface area contributed by atoms with Crippen LogP contribution in [0.1, 0.15) is 25.8 Å². The Morgan fingerprint density at radius 1 is 1.12 bits per heavy atom. The number of rotatable bonds is 11. The number of amides is 2. The molecule has 0 saturated heterocycles. The fourth-order valence-electron chi connectivity index (χ4n) is 3.20. The number of benzene rings is 2. The maximum Gasteiger partial charge on any atom is 0.244 e. The third-order valence-corrected chi connectivity index (χ3v) is 6.95. The molecule has 0 aliphatic heterocycles. The Balaban J connectivity index is 2.40. The second kappa shape index (κ2) is 12.3. The average Bonchev–Trinajstić information content (AvgIpc) is 2.80. The van der Waals surface area contributed by atoms with Crippen molar-refractivity contribution in [3.8, 4) is 5.75 Å². The molecule has 0 radical (unpaired) electrons. The van der Waals surface area contributed by atoms with Crippen molar-refractivity contribution in [1.29, 1.82) is 0 Å². The van der Waals surface area contributed by atoms with Gasteiger partial charge in [0.2, 0.25) is 21.8 Å². The number of carbonyl (C=O) groups is 2. The molecule has 0 unspecified atom stereocenters. The Bertz CT molecular complexity index is 1130. The Morgan fingerprint density at radius 3 is 2.41 bits per heavy atom. The minimum absolute atomic E-state index is 0.0791. The highest BCUT2D eigenvalue weighted by atomic mass is 35.5. The summed E-state index contributed by atoms with van der Waals surface area (Å²) < 4.78 is 31.3. The van der Waals surface area contributed by atoms with Crippen LogP contribution in [0.15, 0.2) is 42.5 Å². The predicted molar refractivity (Wildman–Crippen MR) is 135 cm³/mol. The largest absolute Gasteiger partial charge is 0.497 e. The minimum atomic E-state index is -3.86. The Labute approximate surface area is 210 Å². The second-order valence-corrected chi connectivity index (χ2v) is 10.4. The van der Waals surface area contributed by atoms with Crippen molar-refractivity contribution in [2.75, 3.05) is 30.8 Å². The monoisotopic (exact) mass is 529 g/mol. The number of methoxy groups -OCH3 is 1. The summed E-state index contributed by atoms with van der Waals surface area (Å²) in [5.41, 5.74) is 0.915. The summed E-state index contributed by atoms with van der Waals surface area (Å²) in [4.78, 5) is 27.5. The average molecular weight is 530 g/mol. The lowest BCUT2D eigenvalue weighted by molar-refractivity contribution is -0.139. The van der Waals surface area contributed by atoms with Crippen molar-refractivity contribution in [3.63, 3.8) is 0 Å². The smallest absolute Gasteiger partial charge is 0.244 e. The van der Waals surface area contributed by atoms with Gasteiger partial charge < -0.3 is 15.0 Å². The van der Waals surface area contributed by atoms with Crippen LogP contribution in [-0.4, -0.2) is 57.6 Å². The van der Waals surface area contributed by atoms with Gasteiger partial charge >= 0.3 is 0 Å². The maximum atomic E-state index is 13.5. The number of carbonyl (C=O) groups excluding carboxylic acids is 2. The molecule has 1 atom stereocenters. The van der Waals surface area contributed by atoms with Crippen LogP contribution in [0, 0.1) is 0 Å². The third-order valence-electron chi connectivity index (χ3n) is 5.07. The second-order valence-electron chi connectivity index (χ2n) is 7.71. The molecule has 1 N–H and O–H groups in total. The number of sulfonamides is 1. The van der Waals surface area contributed by atoms with Gasteiger partial charge in [-0.15, -0.1) is 0 Å². The van der Waals surface area contributed by atoms with Crippen LogP contribution in [0.25, 0.3) is 0 Å². The molecule has 2 rings (SSSR count). The van der Waals surface area contributed by atoms with E-state index in [0.717, 1.165) is 22.5 Å². The standard InChI is InChI=1S/C23H29Cl2N3O5S/c1-5-11-26-23(30)16(2)27(14-17-7-6-8-19(12-17)33-3)22(29)15-28(34(4,31)32)18-9-10-20(24)21(25)13-18/h6-10,12-13,16H,5,11,14-15H2,1-4H3,(H,26,30)/t16-/m0/s1. The van der Waals surface area contributed by atoms with E-state index in [2.05, 4.69) is 5.32 Å². The fraction of sp³-hybridized carbons (Fsp3) is 0.391. The molecule has 0 saturated carbocycles. The third kappa shape index (κ3) is 7.51. The van der Waals surface area contributed by atoms with Gasteiger partial charge in [-0.25, -0.2) is 8.42 Å². The molecular formula is C23H29Cl2N3O5S. The molecule has 11 heteroatoms. The summed E-state index contributed by atoms with van der Waals surface area (Å²) in [5.74, 6) is -0.293. The van der Waals surface area contributed by atoms with Gasteiger partial charge in [0.25, 0.3) is 0 Å². The SMILES string of the molecule is CCCNC(=O)[C@H](C)N(Cc1cccc(OC)c1)C(=O)CN(c1ccc(Cl)c(Cl)c1)S(C)(=O)=O. The van der Waals surface area contributed by atoms with Gasteiger partial charge in [0.1, 0.15) is 18.3 Å². The van der Waals surface area contributed by atoms with Crippen molar-refractivity contribution in [2.24, 2.45) is 0 Å². The number of anilines is 1. The zero-order valence-corrected chi connectivity index (χ0v) is 21.9. The van der Waals surface area contributed by atoms with Gasteiger partial charge in [-0.2, -0.15) is 0 Å². The number of hydrogen-bond donors (Lipinski definition) is 1. The van der Waals surface area contributed by atoms with Crippen LogP contribution in [0.2, 0.25) is 10.0 Å². The summed E-state index contributed by atoms with van der Waals surface area (Å²) in [6.45, 7) is 3.54. The van der Waals surface area contributed by atoms with Crippen LogP contribution >= 0.6 is 23.2 Å². The molecule has 2 aromatic rings. The molecule has 0 fully saturated rings. The van der Waals surface area contributed by atoms with Gasteiger partial charge in [0.05, 0.1) is 29.1 Å². The van der Waals surface area contributed by atoms with E-state index in [4.69, 9.17) is 27.9 Å². The van der Waals surface area contributed by atoms with E-state index < -0.39 is 28.5 Å². The van der Waals surface area contributed by atoms with Crippen LogP contribution in [-0.2, 0) is 26.2 Å². The first-order valence-corrected chi connectivity index (χ1v) is 13.2. The molecule has 0 spiro atoms. The zero-order valence-electron chi connectivity index (χ0n) is 19.5. The van der Waals surface area contributed by atoms with Gasteiger partial charge in [0.15, 0.2) is 0 Å². The highest BCUT2D eigenvalue weighted by Gasteiger charge is 2.30. The molecular weight excluding hydrogens is 501 g/mol. The number of nitrogens with one attached hydrogen (secondary N) is 1. The first-order chi connectivity index (χ1) is 16.0. The molecule has 0 aliphatic carbocycles. The first kappa shape index (κ1) is 27.8. The summed E-state index contributed by atoms with van der Waals surface area (Å²) >= 11 is 12.0. The molecule has 0 aromatic heterocycles. The number of hydrogen-bond acceptors (Lipinski definition) is 5. The van der Waals surface area contributed by atoms with Crippen molar-refractivity contribution < 1.29 is 22.7 Å². The van der Waals surface area contributed by atoms with Crippen molar-refractivity contribution in [1.82, 2.24) is 10.2 Å². The highest BCUT2D eigenvalue weighted by molar-refractivity contribution is 7.92. The number of halogens is 2. The zero-order chi connectivity index (χ0) is 25.5. The quantitative estimate of drug-likeness (QED) is 0.478. The minimum Gasteiger partial charge on any atom is -0.497 e. The van der Waals surface area contributed by atoms with Crippen LogP contribution in [0.5, 0.6) is 5.75 Å².